The Morgan fingerprint density at radius 3 is 1.27 bits per heavy atom. The number of aliphatic hydroxyl groups is 2. The summed E-state index contributed by atoms with van der Waals surface area (Å²) in [4.78, 5) is 15.7. The topological polar surface area (TPSA) is 401 Å². The molecule has 872 valence electrons. The molecule has 1 aromatic heterocycles. The lowest BCUT2D eigenvalue weighted by atomic mass is 9.87. The van der Waals surface area contributed by atoms with E-state index in [0.29, 0.717) is 154 Å². The van der Waals surface area contributed by atoms with Gasteiger partial charge in [-0.05, 0) is 332 Å². The highest BCUT2D eigenvalue weighted by atomic mass is 32.2. The molecule has 13 heterocycles. The van der Waals surface area contributed by atoms with Crippen LogP contribution in [0.2, 0.25) is 0 Å². The average Bonchev–Trinajstić information content (AvgIpc) is 1.61. The number of likely N-dealkylation sites (tertiary alicyclic amines) is 3. The van der Waals surface area contributed by atoms with Crippen molar-refractivity contribution >= 4 is 69.2 Å². The highest BCUT2D eigenvalue weighted by Gasteiger charge is 2.48. The number of hydrogen-bond acceptors (Lipinski definition) is 31. The van der Waals surface area contributed by atoms with E-state index in [1.165, 1.54) is 88.2 Å². The lowest BCUT2D eigenvalue weighted by Crippen LogP contribution is -2.56. The van der Waals surface area contributed by atoms with Gasteiger partial charge in [-0.3, -0.25) is 19.7 Å². The second-order valence-corrected chi connectivity index (χ2v) is 62.0. The molecule has 1 saturated carbocycles. The van der Waals surface area contributed by atoms with Gasteiger partial charge in [0.25, 0.3) is 0 Å². The van der Waals surface area contributed by atoms with Crippen LogP contribution in [0, 0.1) is 35.5 Å². The number of nitrogens with zero attached hydrogens (tertiary/aromatic N) is 8. The summed E-state index contributed by atoms with van der Waals surface area (Å²) in [7, 11) is -19.9. The van der Waals surface area contributed by atoms with Crippen LogP contribution in [0.1, 0.15) is 306 Å². The van der Waals surface area contributed by atoms with E-state index in [1.807, 2.05) is 66.1 Å². The molecule has 0 amide bonds. The zero-order chi connectivity index (χ0) is 111. The molecule has 14 rings (SSSR count). The first-order chi connectivity index (χ1) is 68.2. The first-order valence-corrected chi connectivity index (χ1v) is 69.1. The van der Waals surface area contributed by atoms with E-state index < -0.39 is 75.3 Å². The summed E-state index contributed by atoms with van der Waals surface area (Å²) >= 11 is 0. The minimum absolute atomic E-state index is 0.0119. The highest BCUT2D eigenvalue weighted by Crippen LogP contribution is 2.38. The molecule has 2 bridgehead atoms. The Kier molecular flexibility index (Phi) is 65.8. The number of hydrogen-bond donors (Lipinski definition) is 3. The van der Waals surface area contributed by atoms with Crippen molar-refractivity contribution in [2.45, 2.75) is 426 Å². The number of piperazine rings is 1. The van der Waals surface area contributed by atoms with E-state index in [2.05, 4.69) is 159 Å². The van der Waals surface area contributed by atoms with Crippen molar-refractivity contribution in [2.24, 2.45) is 35.5 Å². The molecule has 33 nitrogen and oxygen atoms in total. The van der Waals surface area contributed by atoms with E-state index in [0.717, 1.165) is 174 Å². The van der Waals surface area contributed by atoms with Gasteiger partial charge in [-0.2, -0.15) is 4.31 Å². The van der Waals surface area contributed by atoms with Gasteiger partial charge in [-0.1, -0.05) is 54.4 Å². The maximum Gasteiger partial charge on any atom is 0.211 e. The van der Waals surface area contributed by atoms with Gasteiger partial charge in [0.15, 0.2) is 29.5 Å². The normalized spacial score (nSPS) is 25.7. The van der Waals surface area contributed by atoms with Gasteiger partial charge in [-0.25, -0.2) is 63.2 Å². The number of sulfone groups is 5. The van der Waals surface area contributed by atoms with Crippen LogP contribution in [0.15, 0.2) is 24.5 Å². The Balaban J connectivity index is 0.000000413. The van der Waals surface area contributed by atoms with Gasteiger partial charge in [-0.15, -0.1) is 0 Å². The third-order valence-corrected chi connectivity index (χ3v) is 40.0. The molecule has 13 aliphatic rings. The third-order valence-electron chi connectivity index (χ3n) is 29.6. The molecule has 13 fully saturated rings. The predicted octanol–water partition coefficient (Wildman–Crippen LogP) is 13.2. The molecule has 147 heavy (non-hydrogen) atoms. The number of ether oxygens (including phenoxy) is 8. The molecule has 1 unspecified atom stereocenters. The summed E-state index contributed by atoms with van der Waals surface area (Å²) in [6.45, 7) is 68.0. The Morgan fingerprint density at radius 2 is 0.871 bits per heavy atom. The summed E-state index contributed by atoms with van der Waals surface area (Å²) in [5, 5.41) is 22.1. The van der Waals surface area contributed by atoms with Crippen LogP contribution in [0.5, 0.6) is 0 Å². The first kappa shape index (κ1) is 139. The van der Waals surface area contributed by atoms with E-state index in [-0.39, 0.29) is 70.5 Å². The standard InChI is InChI=1S/C11H22O3S.C10H21NO2S.C10H19NO.2C9H19NO2S.C9H19NO.C9H16O4.C9H18O2.C8H18N2O2S.C8H11N.C8H16O3S.C7H15NO2S/c1-9(2)14-8-10-6-4-5-7-11(10)15(3,12)13;1-9(2)11-6-4-10(5-7-11)8-14(3,12)13;1-7(2)11-8-3-4-9(11)6-10(12)5-8;1-8(2)10-6-4-9(5-7-10)13(3,11)12;1-8(2)9-4-6-10(7-5-9)13(3,11)12;1-8(2)10-7-9-3-5-11-6-4-9;1-5(2)13-7-4-12-8-6(10)3-11-9(7)8;1-8(2)11-7-9-3-5-10-6-4-9;1-8(2)9-4-6-10(7-5-9)13(3,11)12;1-7(2)8-3-5-9-6-4-8;1-7(2)11-8-3-5-12(9,10)6-4-8;1-6(2)8-4-7(5-8)11(3,9)10/h9-11H,4-8H2,1-3H3;9-10H,4-8H2,1-3H3;7-10,12H,3-6H2,1-2H3;2*8-9H,4-7H2,1-3H3;8-10H,3-7H2,1-2H3;5-10H,3-4H2,1-2H3;8-9H,3-7H2,1-2H3;8H,4-7H2,1-3H3;3-7H,1-2H3;7-8H,3-6H2,1-2H3;6-7H,4-5H2,1-3H3/t10-,11+;;8-,9+,10?;;;;6-,7+,8+,9+;;;;;/m0.....0...../s1. The van der Waals surface area contributed by atoms with Crippen molar-refractivity contribution in [1.29, 1.82) is 0 Å². The molecule has 0 aromatic carbocycles. The third kappa shape index (κ3) is 59.0. The minimum atomic E-state index is -2.97. The number of nitrogens with one attached hydrogen (secondary N) is 1. The fourth-order valence-corrected chi connectivity index (χ4v) is 28.2. The number of sulfonamides is 2. The summed E-state index contributed by atoms with van der Waals surface area (Å²) in [6.07, 6.45) is 32.4. The Hall–Kier alpha value is -1.92. The number of fused-ring (bicyclic) bond motifs is 3. The molecule has 12 saturated heterocycles. The van der Waals surface area contributed by atoms with Crippen LogP contribution in [0.3, 0.4) is 0 Å². The van der Waals surface area contributed by atoms with Crippen LogP contribution in [-0.4, -0.2) is 425 Å². The molecule has 1 aromatic rings. The van der Waals surface area contributed by atoms with Gasteiger partial charge in [0.1, 0.15) is 44.1 Å². The van der Waals surface area contributed by atoms with Crippen molar-refractivity contribution in [2.75, 3.05) is 193 Å². The van der Waals surface area contributed by atoms with E-state index in [9.17, 15) is 69.1 Å². The fourth-order valence-electron chi connectivity index (χ4n) is 20.4. The molecule has 3 N–H and O–H groups in total. The first-order valence-electron chi connectivity index (χ1n) is 55.7. The quantitative estimate of drug-likeness (QED) is 0.0736. The largest absolute Gasteiger partial charge is 0.393 e. The van der Waals surface area contributed by atoms with Gasteiger partial charge >= 0.3 is 0 Å². The SMILES string of the molecule is CC(C)C1CCN(S(C)(=O)=O)CC1.CC(C)N1CC(S(C)(=O)=O)C1.CC(C)N1CCC(CS(C)(=O)=O)CC1.CC(C)N1CCC(S(C)(=O)=O)CC1.CC(C)N1CCN(S(C)(=O)=O)CC1.CC(C)N1[C@@H]2CC[C@H]1CC(O)C2.CC(C)NCC1CCOCC1.CC(C)OC1CCS(=O)(=O)CC1.CC(C)OCC1CCOCC1.CC(C)OC[C@@H]1CCCC[C@H]1S(C)(=O)=O.CC(C)O[C@@H]1CO[C@H]2[C@@H]1OC[C@@H]2O.CC(C)c1ccncc1. The number of piperidine rings is 4. The molecule has 9 atom stereocenters. The van der Waals surface area contributed by atoms with Crippen molar-refractivity contribution in [3.63, 3.8) is 0 Å². The molecule has 12 aliphatic heterocycles. The lowest BCUT2D eigenvalue weighted by molar-refractivity contribution is -0.0607. The van der Waals surface area contributed by atoms with Crippen LogP contribution in [0.25, 0.3) is 0 Å². The summed E-state index contributed by atoms with van der Waals surface area (Å²) in [5.74, 6) is 5.16. The van der Waals surface area contributed by atoms with Gasteiger partial charge < -0.3 is 63.2 Å². The summed E-state index contributed by atoms with van der Waals surface area (Å²) in [6, 6.07) is 8.87. The number of rotatable bonds is 27. The Morgan fingerprint density at radius 1 is 0.435 bits per heavy atom. The maximum atomic E-state index is 11.6. The van der Waals surface area contributed by atoms with Gasteiger partial charge in [0.05, 0.1) is 102 Å². The van der Waals surface area contributed by atoms with Crippen molar-refractivity contribution < 1.29 is 107 Å². The average molecular weight is 2230 g/mol. The molecule has 0 spiro atoms. The van der Waals surface area contributed by atoms with E-state index >= 15 is 0 Å². The number of pyridine rings is 1. The monoisotopic (exact) mass is 2230 g/mol. The smallest absolute Gasteiger partial charge is 0.211 e. The number of aliphatic hydroxyl groups excluding tert-OH is 2. The van der Waals surface area contributed by atoms with E-state index in [4.69, 9.17) is 37.9 Å². The van der Waals surface area contributed by atoms with Crippen LogP contribution in [-0.2, 0) is 107 Å². The zero-order valence-corrected chi connectivity index (χ0v) is 103. The second kappa shape index (κ2) is 69.5. The summed E-state index contributed by atoms with van der Waals surface area (Å²) in [5.41, 5.74) is 1.35. The highest BCUT2D eigenvalue weighted by molar-refractivity contribution is 7.92. The minimum Gasteiger partial charge on any atom is -0.393 e. The van der Waals surface area contributed by atoms with Gasteiger partial charge in [0.2, 0.25) is 20.0 Å². The zero-order valence-electron chi connectivity index (χ0n) is 96.9. The van der Waals surface area contributed by atoms with Crippen LogP contribution >= 0.6 is 0 Å². The van der Waals surface area contributed by atoms with Crippen molar-refractivity contribution in [3.05, 3.63) is 30.1 Å². The molecule has 1 aliphatic carbocycles. The molecular weight excluding hydrogens is 2020 g/mol. The van der Waals surface area contributed by atoms with Crippen molar-refractivity contribution in [3.8, 4) is 0 Å². The Bertz CT molecular complexity index is 4290. The summed E-state index contributed by atoms with van der Waals surface area (Å²) < 4.78 is 203. The number of aromatic nitrogens is 1. The van der Waals surface area contributed by atoms with Crippen LogP contribution < -0.4 is 5.32 Å². The van der Waals surface area contributed by atoms with Gasteiger partial charge in [0, 0.05) is 171 Å². The molecular formula is C107H213N9O24S7. The molecule has 40 heteroatoms. The second-order valence-electron chi connectivity index (χ2n) is 46.6. The lowest BCUT2D eigenvalue weighted by Gasteiger charge is -2.40. The fraction of sp³-hybridized carbons (Fsp3) is 0.953. The molecule has 0 radical (unpaired) electrons. The predicted molar refractivity (Wildman–Crippen MR) is 600 cm³/mol. The van der Waals surface area contributed by atoms with Crippen molar-refractivity contribution in [1.82, 2.24) is 43.4 Å². The van der Waals surface area contributed by atoms with E-state index in [1.54, 1.807) is 8.61 Å². The van der Waals surface area contributed by atoms with Crippen LogP contribution in [0.4, 0.5) is 0 Å². The maximum absolute atomic E-state index is 11.6. The Labute approximate surface area is 897 Å².